The number of phenolic OH excluding ortho intramolecular Hbond substituents is 1. The zero-order valence-corrected chi connectivity index (χ0v) is 16.8. The van der Waals surface area contributed by atoms with Crippen LogP contribution in [0.3, 0.4) is 0 Å². The number of benzene rings is 2. The maximum Gasteiger partial charge on any atom is 0.313 e. The van der Waals surface area contributed by atoms with Crippen LogP contribution in [0.4, 0.5) is 5.69 Å². The van der Waals surface area contributed by atoms with Gasteiger partial charge in [0.1, 0.15) is 17.2 Å². The number of carbonyl (C=O) groups excluding carboxylic acids is 3. The average Bonchev–Trinajstić information content (AvgIpc) is 2.63. The maximum absolute atomic E-state index is 12.3. The highest BCUT2D eigenvalue weighted by Gasteiger charge is 2.16. The molecule has 0 spiro atoms. The van der Waals surface area contributed by atoms with Gasteiger partial charge in [0, 0.05) is 12.2 Å². The summed E-state index contributed by atoms with van der Waals surface area (Å²) in [4.78, 5) is 34.7. The molecular weight excluding hydrogens is 374 g/mol. The molecule has 2 aromatic rings. The van der Waals surface area contributed by atoms with Gasteiger partial charge in [-0.25, -0.2) is 0 Å². The van der Waals surface area contributed by atoms with Crippen molar-refractivity contribution < 1.29 is 24.2 Å². The van der Waals surface area contributed by atoms with Crippen LogP contribution in [0.2, 0.25) is 0 Å². The predicted molar refractivity (Wildman–Crippen MR) is 109 cm³/mol. The Morgan fingerprint density at radius 3 is 2.28 bits per heavy atom. The Balaban J connectivity index is 2.25. The van der Waals surface area contributed by atoms with E-state index in [4.69, 9.17) is 10.5 Å². The number of nitrogens with one attached hydrogen (secondary N) is 2. The van der Waals surface area contributed by atoms with Crippen LogP contribution in [0.25, 0.3) is 0 Å². The second-order valence-electron chi connectivity index (χ2n) is 7.14. The van der Waals surface area contributed by atoms with E-state index in [0.717, 1.165) is 0 Å². The van der Waals surface area contributed by atoms with Crippen LogP contribution in [-0.4, -0.2) is 29.4 Å². The molecule has 0 radical (unpaired) electrons. The number of rotatable bonds is 6. The van der Waals surface area contributed by atoms with E-state index in [1.807, 2.05) is 13.8 Å². The molecule has 8 heteroatoms. The number of aryl methyl sites for hydroxylation is 2. The minimum Gasteiger partial charge on any atom is -0.507 e. The molecule has 29 heavy (non-hydrogen) atoms. The molecule has 0 saturated carbocycles. The first kappa shape index (κ1) is 21.7. The number of carbonyl (C=O) groups is 3. The van der Waals surface area contributed by atoms with E-state index in [2.05, 4.69) is 10.6 Å². The van der Waals surface area contributed by atoms with E-state index in [9.17, 15) is 19.5 Å². The number of primary amides is 1. The molecule has 0 fully saturated rings. The molecule has 3 amide bonds. The minimum atomic E-state index is -1.08. The van der Waals surface area contributed by atoms with Gasteiger partial charge in [0.25, 0.3) is 5.91 Å². The van der Waals surface area contributed by atoms with Gasteiger partial charge >= 0.3 is 11.8 Å². The largest absolute Gasteiger partial charge is 0.507 e. The Kier molecular flexibility index (Phi) is 6.82. The maximum atomic E-state index is 12.3. The van der Waals surface area contributed by atoms with Crippen LogP contribution in [-0.2, 0) is 9.59 Å². The van der Waals surface area contributed by atoms with Crippen molar-refractivity contribution in [2.45, 2.75) is 27.7 Å². The highest BCUT2D eigenvalue weighted by Crippen LogP contribution is 2.33. The topological polar surface area (TPSA) is 131 Å². The molecule has 0 atom stereocenters. The molecule has 2 rings (SSSR count). The van der Waals surface area contributed by atoms with Crippen molar-refractivity contribution in [3.05, 3.63) is 47.0 Å². The number of anilines is 1. The molecule has 0 aliphatic carbocycles. The van der Waals surface area contributed by atoms with Gasteiger partial charge in [-0.2, -0.15) is 0 Å². The van der Waals surface area contributed by atoms with Crippen LogP contribution in [0.1, 0.15) is 35.3 Å². The smallest absolute Gasteiger partial charge is 0.313 e. The highest BCUT2D eigenvalue weighted by atomic mass is 16.5. The number of aromatic hydroxyl groups is 1. The third-order valence-corrected chi connectivity index (χ3v) is 4.05. The molecule has 0 saturated heterocycles. The summed E-state index contributed by atoms with van der Waals surface area (Å²) in [5, 5.41) is 15.2. The van der Waals surface area contributed by atoms with Gasteiger partial charge in [-0.1, -0.05) is 13.8 Å². The number of nitrogens with two attached hydrogens (primary N) is 1. The lowest BCUT2D eigenvalue weighted by atomic mass is 10.1. The van der Waals surface area contributed by atoms with E-state index in [1.165, 1.54) is 12.1 Å². The third kappa shape index (κ3) is 5.71. The molecule has 0 aliphatic heterocycles. The van der Waals surface area contributed by atoms with E-state index in [-0.39, 0.29) is 23.1 Å². The van der Waals surface area contributed by atoms with Crippen molar-refractivity contribution in [2.75, 3.05) is 11.9 Å². The Morgan fingerprint density at radius 2 is 1.72 bits per heavy atom. The number of ether oxygens (including phenoxy) is 1. The van der Waals surface area contributed by atoms with Crippen LogP contribution < -0.4 is 21.1 Å². The number of hydrogen-bond donors (Lipinski definition) is 4. The minimum absolute atomic E-state index is 0.115. The van der Waals surface area contributed by atoms with E-state index < -0.39 is 11.8 Å². The summed E-state index contributed by atoms with van der Waals surface area (Å²) in [6.07, 6.45) is 0. The Hall–Kier alpha value is -3.55. The number of phenols is 1. The van der Waals surface area contributed by atoms with Crippen molar-refractivity contribution in [2.24, 2.45) is 11.7 Å². The lowest BCUT2D eigenvalue weighted by Crippen LogP contribution is -2.29. The van der Waals surface area contributed by atoms with Gasteiger partial charge in [-0.15, -0.1) is 0 Å². The molecule has 0 aromatic heterocycles. The van der Waals surface area contributed by atoms with E-state index in [1.54, 1.807) is 32.0 Å². The summed E-state index contributed by atoms with van der Waals surface area (Å²) in [5.41, 5.74) is 6.87. The van der Waals surface area contributed by atoms with E-state index >= 15 is 0 Å². The first-order valence-corrected chi connectivity index (χ1v) is 9.09. The predicted octanol–water partition coefficient (Wildman–Crippen LogP) is 2.61. The summed E-state index contributed by atoms with van der Waals surface area (Å²) in [5.74, 6) is -1.34. The van der Waals surface area contributed by atoms with Gasteiger partial charge in [-0.3, -0.25) is 14.4 Å². The van der Waals surface area contributed by atoms with Crippen LogP contribution in [0.15, 0.2) is 30.3 Å². The second-order valence-corrected chi connectivity index (χ2v) is 7.14. The fraction of sp³-hybridized carbons (Fsp3) is 0.286. The number of hydrogen-bond acceptors (Lipinski definition) is 5. The summed E-state index contributed by atoms with van der Waals surface area (Å²) in [6, 6.07) is 7.69. The fourth-order valence-corrected chi connectivity index (χ4v) is 2.65. The second kappa shape index (κ2) is 9.09. The fourth-order valence-electron chi connectivity index (χ4n) is 2.65. The Bertz CT molecular complexity index is 930. The monoisotopic (exact) mass is 399 g/mol. The molecule has 5 N–H and O–H groups in total. The molecule has 154 valence electrons. The standard InChI is InChI=1S/C21H25N3O5/c1-11(2)10-23-20(27)16-9-15(5-6-17(16)25)29-18-12(3)7-14(8-13(18)4)24-21(28)19(22)26/h5-9,11,25H,10H2,1-4H3,(H2,22,26)(H,23,27)(H,24,28). The highest BCUT2D eigenvalue weighted by molar-refractivity contribution is 6.39. The van der Waals surface area contributed by atoms with Gasteiger partial charge in [0.15, 0.2) is 0 Å². The molecule has 0 bridgehead atoms. The summed E-state index contributed by atoms with van der Waals surface area (Å²) >= 11 is 0. The van der Waals surface area contributed by atoms with Crippen LogP contribution in [0, 0.1) is 19.8 Å². The normalized spacial score (nSPS) is 10.5. The van der Waals surface area contributed by atoms with Crippen LogP contribution >= 0.6 is 0 Å². The lowest BCUT2D eigenvalue weighted by molar-refractivity contribution is -0.134. The molecule has 0 heterocycles. The van der Waals surface area contributed by atoms with E-state index in [0.29, 0.717) is 34.9 Å². The zero-order chi connectivity index (χ0) is 21.7. The van der Waals surface area contributed by atoms with Crippen molar-refractivity contribution in [3.63, 3.8) is 0 Å². The quantitative estimate of drug-likeness (QED) is 0.555. The van der Waals surface area contributed by atoms with Gasteiger partial charge in [-0.05, 0) is 61.2 Å². The van der Waals surface area contributed by atoms with Crippen molar-refractivity contribution in [1.82, 2.24) is 5.32 Å². The molecule has 0 unspecified atom stereocenters. The average molecular weight is 399 g/mol. The zero-order valence-electron chi connectivity index (χ0n) is 16.8. The molecule has 0 aliphatic rings. The van der Waals surface area contributed by atoms with Crippen molar-refractivity contribution in [1.29, 1.82) is 0 Å². The Labute approximate surface area is 169 Å². The Morgan fingerprint density at radius 1 is 1.10 bits per heavy atom. The van der Waals surface area contributed by atoms with Crippen molar-refractivity contribution in [3.8, 4) is 17.2 Å². The van der Waals surface area contributed by atoms with Gasteiger partial charge in [0.05, 0.1) is 5.56 Å². The summed E-state index contributed by atoms with van der Waals surface area (Å²) < 4.78 is 5.92. The lowest BCUT2D eigenvalue weighted by Gasteiger charge is -2.15. The molecule has 2 aromatic carbocycles. The number of amides is 3. The molecular formula is C21H25N3O5. The van der Waals surface area contributed by atoms with Crippen molar-refractivity contribution >= 4 is 23.4 Å². The van der Waals surface area contributed by atoms with Gasteiger partial charge in [0.2, 0.25) is 0 Å². The third-order valence-electron chi connectivity index (χ3n) is 4.05. The van der Waals surface area contributed by atoms with Gasteiger partial charge < -0.3 is 26.2 Å². The molecule has 8 nitrogen and oxygen atoms in total. The first-order chi connectivity index (χ1) is 13.6. The van der Waals surface area contributed by atoms with Crippen LogP contribution in [0.5, 0.6) is 17.2 Å². The first-order valence-electron chi connectivity index (χ1n) is 9.09. The summed E-state index contributed by atoms with van der Waals surface area (Å²) in [7, 11) is 0. The SMILES string of the molecule is Cc1cc(NC(=O)C(N)=O)cc(C)c1Oc1ccc(O)c(C(=O)NCC(C)C)c1. The summed E-state index contributed by atoms with van der Waals surface area (Å²) in [6.45, 7) is 7.99.